The number of hydrogen-bond acceptors (Lipinski definition) is 4. The van der Waals surface area contributed by atoms with Crippen LogP contribution < -0.4 is 5.49 Å². The third-order valence-electron chi connectivity index (χ3n) is 7.65. The second-order valence-corrected chi connectivity index (χ2v) is 9.99. The standard InChI is InChI=1S/C27H29F4N5O/c1-16-19(6-4-7-21(16)27(29,30)31)17(2)33-25-20-14-23(26(28)9-12-35(13-10-26)18(3)37)32-15-22(20)36-11-5-8-24(36)34-25/h4,6-7,14-15,17H,5,8-13H2,1-3H3/b33-25-/t17-/m1/s1. The highest BCUT2D eigenvalue weighted by molar-refractivity contribution is 5.78. The summed E-state index contributed by atoms with van der Waals surface area (Å²) >= 11 is 0. The molecule has 3 aromatic rings. The lowest BCUT2D eigenvalue weighted by molar-refractivity contribution is -0.138. The van der Waals surface area contributed by atoms with Gasteiger partial charge in [0, 0.05) is 51.2 Å². The molecule has 1 saturated heterocycles. The third-order valence-corrected chi connectivity index (χ3v) is 7.65. The number of halogens is 4. The molecule has 0 saturated carbocycles. The van der Waals surface area contributed by atoms with E-state index >= 15 is 4.39 Å². The molecule has 6 nitrogen and oxygen atoms in total. The molecule has 0 spiro atoms. The minimum Gasteiger partial charge on any atom is -0.343 e. The van der Waals surface area contributed by atoms with Gasteiger partial charge in [0.1, 0.15) is 5.82 Å². The van der Waals surface area contributed by atoms with Crippen molar-refractivity contribution in [3.05, 3.63) is 64.2 Å². The molecule has 0 N–H and O–H groups in total. The van der Waals surface area contributed by atoms with Crippen molar-refractivity contribution in [3.63, 3.8) is 0 Å². The van der Waals surface area contributed by atoms with Gasteiger partial charge in [0.25, 0.3) is 0 Å². The number of aromatic nitrogens is 3. The van der Waals surface area contributed by atoms with Gasteiger partial charge in [-0.25, -0.2) is 9.37 Å². The second-order valence-electron chi connectivity index (χ2n) is 9.99. The number of carbonyl (C=O) groups excluding carboxylic acids is 1. The Morgan fingerprint density at radius 2 is 1.92 bits per heavy atom. The first-order chi connectivity index (χ1) is 17.5. The highest BCUT2D eigenvalue weighted by atomic mass is 19.4. The summed E-state index contributed by atoms with van der Waals surface area (Å²) in [5.41, 5.74) is -0.354. The number of aryl methyl sites for hydroxylation is 2. The molecular weight excluding hydrogens is 486 g/mol. The number of rotatable bonds is 3. The fourth-order valence-corrected chi connectivity index (χ4v) is 5.50. The normalized spacial score (nSPS) is 18.8. The number of benzene rings is 1. The van der Waals surface area contributed by atoms with E-state index in [1.165, 1.54) is 19.9 Å². The molecule has 37 heavy (non-hydrogen) atoms. The van der Waals surface area contributed by atoms with Crippen LogP contribution in [0.5, 0.6) is 0 Å². The summed E-state index contributed by atoms with van der Waals surface area (Å²) in [5.74, 6) is 0.753. The van der Waals surface area contributed by atoms with Crippen LogP contribution in [0.3, 0.4) is 0 Å². The molecule has 1 aromatic carbocycles. The number of piperidine rings is 1. The summed E-state index contributed by atoms with van der Waals surface area (Å²) in [5, 5.41) is 0.623. The van der Waals surface area contributed by atoms with E-state index in [1.54, 1.807) is 30.2 Å². The van der Waals surface area contributed by atoms with Gasteiger partial charge in [0.05, 0.1) is 29.0 Å². The van der Waals surface area contributed by atoms with Crippen LogP contribution >= 0.6 is 0 Å². The van der Waals surface area contributed by atoms with E-state index < -0.39 is 23.5 Å². The average molecular weight is 516 g/mol. The van der Waals surface area contributed by atoms with Gasteiger partial charge in [-0.3, -0.25) is 14.8 Å². The van der Waals surface area contributed by atoms with Gasteiger partial charge < -0.3 is 9.47 Å². The van der Waals surface area contributed by atoms with Crippen molar-refractivity contribution in [2.45, 2.75) is 70.9 Å². The number of alkyl halides is 4. The molecule has 1 fully saturated rings. The van der Waals surface area contributed by atoms with Crippen LogP contribution in [0.4, 0.5) is 17.6 Å². The van der Waals surface area contributed by atoms with Crippen molar-refractivity contribution >= 4 is 16.8 Å². The fourth-order valence-electron chi connectivity index (χ4n) is 5.50. The lowest BCUT2D eigenvalue weighted by Crippen LogP contribution is -2.42. The highest BCUT2D eigenvalue weighted by Crippen LogP contribution is 2.37. The van der Waals surface area contributed by atoms with Gasteiger partial charge in [-0.05, 0) is 43.5 Å². The maximum atomic E-state index is 16.0. The predicted octanol–water partition coefficient (Wildman–Crippen LogP) is 5.17. The van der Waals surface area contributed by atoms with Crippen LogP contribution in [0.1, 0.15) is 67.4 Å². The van der Waals surface area contributed by atoms with E-state index in [4.69, 9.17) is 9.98 Å². The summed E-state index contributed by atoms with van der Waals surface area (Å²) in [6.07, 6.45) is -0.859. The van der Waals surface area contributed by atoms with E-state index in [1.807, 2.05) is 0 Å². The fraction of sp³-hybridized carbons (Fsp3) is 0.481. The summed E-state index contributed by atoms with van der Waals surface area (Å²) in [7, 11) is 0. The zero-order valence-corrected chi connectivity index (χ0v) is 21.1. The lowest BCUT2D eigenvalue weighted by Gasteiger charge is -2.35. The van der Waals surface area contributed by atoms with Crippen LogP contribution in [-0.4, -0.2) is 38.4 Å². The first kappa shape index (κ1) is 25.4. The molecule has 196 valence electrons. The van der Waals surface area contributed by atoms with E-state index in [0.717, 1.165) is 36.8 Å². The monoisotopic (exact) mass is 515 g/mol. The van der Waals surface area contributed by atoms with Gasteiger partial charge in [-0.1, -0.05) is 12.1 Å². The van der Waals surface area contributed by atoms with Crippen molar-refractivity contribution < 1.29 is 22.4 Å². The molecule has 10 heteroatoms. The molecule has 0 radical (unpaired) electrons. The number of nitrogens with zero attached hydrogens (tertiary/aromatic N) is 5. The first-order valence-corrected chi connectivity index (χ1v) is 12.5. The zero-order chi connectivity index (χ0) is 26.5. The van der Waals surface area contributed by atoms with Gasteiger partial charge in [0.15, 0.2) is 11.2 Å². The van der Waals surface area contributed by atoms with Crippen LogP contribution in [0.25, 0.3) is 10.9 Å². The molecular formula is C27H29F4N5O. The SMILES string of the molecule is CC(=O)N1CCC(F)(c2cc3/c(=N/[C@H](C)c4cccc(C(F)(F)F)c4C)nc4n(c3cn2)CCC4)CC1. The van der Waals surface area contributed by atoms with Crippen molar-refractivity contribution in [2.75, 3.05) is 13.1 Å². The van der Waals surface area contributed by atoms with Crippen molar-refractivity contribution in [1.82, 2.24) is 19.4 Å². The topological polar surface area (TPSA) is 63.4 Å². The first-order valence-electron chi connectivity index (χ1n) is 12.5. The highest BCUT2D eigenvalue weighted by Gasteiger charge is 2.39. The number of likely N-dealkylation sites (tertiary alicyclic amines) is 1. The van der Waals surface area contributed by atoms with Crippen LogP contribution in [0.15, 0.2) is 35.5 Å². The van der Waals surface area contributed by atoms with E-state index in [-0.39, 0.29) is 30.0 Å². The minimum atomic E-state index is -4.46. The van der Waals surface area contributed by atoms with Gasteiger partial charge >= 0.3 is 6.18 Å². The second kappa shape index (κ2) is 9.22. The number of hydrogen-bond donors (Lipinski definition) is 0. The molecule has 5 rings (SSSR count). The molecule has 0 unspecified atom stereocenters. The number of pyridine rings is 1. The molecule has 2 aliphatic heterocycles. The van der Waals surface area contributed by atoms with Crippen LogP contribution in [0, 0.1) is 6.92 Å². The van der Waals surface area contributed by atoms with Gasteiger partial charge in [0.2, 0.25) is 5.91 Å². The number of carbonyl (C=O) groups is 1. The average Bonchev–Trinajstić information content (AvgIpc) is 3.32. The molecule has 0 aliphatic carbocycles. The predicted molar refractivity (Wildman–Crippen MR) is 130 cm³/mol. The quantitative estimate of drug-likeness (QED) is 0.452. The maximum absolute atomic E-state index is 16.0. The number of fused-ring (bicyclic) bond motifs is 3. The molecule has 4 heterocycles. The summed E-state index contributed by atoms with van der Waals surface area (Å²) in [6, 6.07) is 5.19. The lowest BCUT2D eigenvalue weighted by atomic mass is 9.89. The Labute approximate surface area is 212 Å². The Morgan fingerprint density at radius 1 is 1.19 bits per heavy atom. The summed E-state index contributed by atoms with van der Waals surface area (Å²) in [6.45, 7) is 6.06. The van der Waals surface area contributed by atoms with Gasteiger partial charge in [-0.2, -0.15) is 13.2 Å². The molecule has 2 aromatic heterocycles. The number of amides is 1. The Morgan fingerprint density at radius 3 is 2.59 bits per heavy atom. The van der Waals surface area contributed by atoms with Crippen molar-refractivity contribution in [1.29, 1.82) is 0 Å². The largest absolute Gasteiger partial charge is 0.416 e. The van der Waals surface area contributed by atoms with Crippen molar-refractivity contribution in [3.8, 4) is 0 Å². The molecule has 1 amide bonds. The molecule has 2 aliphatic rings. The molecule has 1 atom stereocenters. The Hall–Kier alpha value is -3.30. The van der Waals surface area contributed by atoms with E-state index in [9.17, 15) is 18.0 Å². The van der Waals surface area contributed by atoms with Gasteiger partial charge in [-0.15, -0.1) is 0 Å². The summed E-state index contributed by atoms with van der Waals surface area (Å²) in [4.78, 5) is 27.3. The van der Waals surface area contributed by atoms with Crippen LogP contribution in [0.2, 0.25) is 0 Å². The summed E-state index contributed by atoms with van der Waals surface area (Å²) < 4.78 is 58.6. The van der Waals surface area contributed by atoms with E-state index in [0.29, 0.717) is 29.5 Å². The Balaban J connectivity index is 1.61. The Kier molecular flexibility index (Phi) is 6.32. The Bertz CT molecular complexity index is 1440. The van der Waals surface area contributed by atoms with Crippen LogP contribution in [-0.2, 0) is 29.6 Å². The smallest absolute Gasteiger partial charge is 0.343 e. The third kappa shape index (κ3) is 4.62. The maximum Gasteiger partial charge on any atom is 0.416 e. The molecule has 0 bridgehead atoms. The zero-order valence-electron chi connectivity index (χ0n) is 21.1. The van der Waals surface area contributed by atoms with Crippen molar-refractivity contribution in [2.24, 2.45) is 4.99 Å². The minimum absolute atomic E-state index is 0.0790. The van der Waals surface area contributed by atoms with E-state index in [2.05, 4.69) is 9.55 Å².